The molecule has 0 aliphatic carbocycles. The van der Waals surface area contributed by atoms with Crippen LogP contribution in [0.1, 0.15) is 38.1 Å². The molecule has 0 fully saturated rings. The van der Waals surface area contributed by atoms with E-state index in [1.54, 1.807) is 24.3 Å². The largest absolute Gasteiger partial charge is 0.364 e. The smallest absolute Gasteiger partial charge is 0.267 e. The maximum absolute atomic E-state index is 12.0. The lowest BCUT2D eigenvalue weighted by Crippen LogP contribution is -2.16. The zero-order chi connectivity index (χ0) is 15.4. The van der Waals surface area contributed by atoms with Crippen LogP contribution in [0.15, 0.2) is 42.6 Å². The van der Waals surface area contributed by atoms with E-state index in [1.807, 2.05) is 0 Å². The van der Waals surface area contributed by atoms with Crippen molar-refractivity contribution >= 4 is 23.3 Å². The van der Waals surface area contributed by atoms with Gasteiger partial charge in [0.15, 0.2) is 5.78 Å². The Bertz CT molecular complexity index is 708. The van der Waals surface area contributed by atoms with E-state index in [2.05, 4.69) is 10.3 Å². The predicted octanol–water partition coefficient (Wildman–Crippen LogP) is 1.64. The van der Waals surface area contributed by atoms with Crippen molar-refractivity contribution in [2.75, 3.05) is 5.32 Å². The van der Waals surface area contributed by atoms with Gasteiger partial charge in [-0.15, -0.1) is 0 Å². The molecule has 0 saturated heterocycles. The Morgan fingerprint density at radius 1 is 1.10 bits per heavy atom. The number of amides is 2. The third-order valence-corrected chi connectivity index (χ3v) is 2.81. The van der Waals surface area contributed by atoms with Crippen LogP contribution in [0.5, 0.6) is 0 Å². The van der Waals surface area contributed by atoms with Crippen LogP contribution < -0.4 is 11.1 Å². The number of aromatic nitrogens is 1. The van der Waals surface area contributed by atoms with Crippen LogP contribution in [0, 0.1) is 0 Å². The van der Waals surface area contributed by atoms with Crippen molar-refractivity contribution < 1.29 is 14.4 Å². The Morgan fingerprint density at radius 3 is 2.43 bits per heavy atom. The molecule has 0 aliphatic heterocycles. The Kier molecular flexibility index (Phi) is 4.08. The van der Waals surface area contributed by atoms with Gasteiger partial charge in [-0.1, -0.05) is 12.1 Å². The van der Waals surface area contributed by atoms with E-state index in [4.69, 9.17) is 5.73 Å². The number of benzene rings is 1. The van der Waals surface area contributed by atoms with E-state index in [-0.39, 0.29) is 22.9 Å². The summed E-state index contributed by atoms with van der Waals surface area (Å²) in [7, 11) is 0. The zero-order valence-electron chi connectivity index (χ0n) is 11.3. The van der Waals surface area contributed by atoms with Crippen LogP contribution in [0.25, 0.3) is 0 Å². The molecule has 0 saturated carbocycles. The summed E-state index contributed by atoms with van der Waals surface area (Å²) in [6.45, 7) is 1.45. The minimum absolute atomic E-state index is 0.0847. The molecule has 6 nitrogen and oxygen atoms in total. The summed E-state index contributed by atoms with van der Waals surface area (Å²) in [4.78, 5) is 38.0. The topological polar surface area (TPSA) is 102 Å². The van der Waals surface area contributed by atoms with Gasteiger partial charge in [-0.3, -0.25) is 19.4 Å². The van der Waals surface area contributed by atoms with Gasteiger partial charge in [0.2, 0.25) is 0 Å². The molecule has 21 heavy (non-hydrogen) atoms. The summed E-state index contributed by atoms with van der Waals surface area (Å²) in [5.41, 5.74) is 6.46. The van der Waals surface area contributed by atoms with E-state index in [1.165, 1.54) is 25.3 Å². The second-order valence-electron chi connectivity index (χ2n) is 4.39. The number of nitrogens with one attached hydrogen (secondary N) is 1. The summed E-state index contributed by atoms with van der Waals surface area (Å²) in [6, 6.07) is 9.45. The van der Waals surface area contributed by atoms with Gasteiger partial charge in [0.1, 0.15) is 5.69 Å². The van der Waals surface area contributed by atoms with Crippen molar-refractivity contribution in [1.82, 2.24) is 4.98 Å². The van der Waals surface area contributed by atoms with Crippen molar-refractivity contribution in [3.05, 3.63) is 59.4 Å². The van der Waals surface area contributed by atoms with E-state index >= 15 is 0 Å². The van der Waals surface area contributed by atoms with E-state index in [0.29, 0.717) is 11.3 Å². The summed E-state index contributed by atoms with van der Waals surface area (Å²) >= 11 is 0. The first kappa shape index (κ1) is 14.4. The second kappa shape index (κ2) is 5.96. The van der Waals surface area contributed by atoms with Crippen LogP contribution in [-0.4, -0.2) is 22.6 Å². The summed E-state index contributed by atoms with van der Waals surface area (Å²) in [6.07, 6.45) is 1.27. The number of carbonyl (C=O) groups is 3. The summed E-state index contributed by atoms with van der Waals surface area (Å²) in [5, 5.41) is 2.65. The molecular weight excluding hydrogens is 270 g/mol. The number of nitrogens with zero attached hydrogens (tertiary/aromatic N) is 1. The maximum Gasteiger partial charge on any atom is 0.267 e. The highest BCUT2D eigenvalue weighted by atomic mass is 16.2. The number of nitrogens with two attached hydrogens (primary N) is 1. The van der Waals surface area contributed by atoms with Gasteiger partial charge in [0.05, 0.1) is 5.56 Å². The molecule has 0 unspecified atom stereocenters. The van der Waals surface area contributed by atoms with Crippen molar-refractivity contribution in [2.24, 2.45) is 5.73 Å². The SMILES string of the molecule is CC(=O)c1cccc(NC(=O)c2ccc(C(N)=O)nc2)c1. The van der Waals surface area contributed by atoms with Crippen LogP contribution in [0.2, 0.25) is 0 Å². The number of hydrogen-bond acceptors (Lipinski definition) is 4. The Hall–Kier alpha value is -3.02. The first-order valence-corrected chi connectivity index (χ1v) is 6.15. The fourth-order valence-electron chi connectivity index (χ4n) is 1.69. The first-order chi connectivity index (χ1) is 9.97. The normalized spacial score (nSPS) is 9.95. The molecule has 1 aromatic carbocycles. The van der Waals surface area contributed by atoms with Gasteiger partial charge in [0, 0.05) is 17.4 Å². The molecule has 2 amide bonds. The minimum Gasteiger partial charge on any atom is -0.364 e. The number of rotatable bonds is 4. The molecule has 0 bridgehead atoms. The number of carbonyl (C=O) groups excluding carboxylic acids is 3. The van der Waals surface area contributed by atoms with Crippen molar-refractivity contribution in [3.8, 4) is 0 Å². The van der Waals surface area contributed by atoms with Gasteiger partial charge in [-0.25, -0.2) is 0 Å². The first-order valence-electron chi connectivity index (χ1n) is 6.15. The predicted molar refractivity (Wildman–Crippen MR) is 77.2 cm³/mol. The number of hydrogen-bond donors (Lipinski definition) is 2. The molecule has 0 radical (unpaired) electrons. The quantitative estimate of drug-likeness (QED) is 0.832. The molecule has 0 aliphatic rings. The fraction of sp³-hybridized carbons (Fsp3) is 0.0667. The number of ketones is 1. The Morgan fingerprint density at radius 2 is 1.86 bits per heavy atom. The monoisotopic (exact) mass is 283 g/mol. The van der Waals surface area contributed by atoms with E-state index in [0.717, 1.165) is 0 Å². The molecule has 1 heterocycles. The van der Waals surface area contributed by atoms with Crippen LogP contribution in [0.3, 0.4) is 0 Å². The van der Waals surface area contributed by atoms with Gasteiger partial charge in [0.25, 0.3) is 11.8 Å². The fourth-order valence-corrected chi connectivity index (χ4v) is 1.69. The highest BCUT2D eigenvalue weighted by Gasteiger charge is 2.09. The molecule has 0 atom stereocenters. The van der Waals surface area contributed by atoms with Crippen LogP contribution >= 0.6 is 0 Å². The van der Waals surface area contributed by atoms with Crippen molar-refractivity contribution in [1.29, 1.82) is 0 Å². The standard InChI is InChI=1S/C15H13N3O3/c1-9(19)10-3-2-4-12(7-10)18-15(21)11-5-6-13(14(16)20)17-8-11/h2-8H,1H3,(H2,16,20)(H,18,21). The van der Waals surface area contributed by atoms with E-state index in [9.17, 15) is 14.4 Å². The molecule has 6 heteroatoms. The van der Waals surface area contributed by atoms with E-state index < -0.39 is 5.91 Å². The van der Waals surface area contributed by atoms with Gasteiger partial charge >= 0.3 is 0 Å². The van der Waals surface area contributed by atoms with Gasteiger partial charge in [-0.2, -0.15) is 0 Å². The maximum atomic E-state index is 12.0. The lowest BCUT2D eigenvalue weighted by atomic mass is 10.1. The minimum atomic E-state index is -0.656. The molecular formula is C15H13N3O3. The molecule has 2 aromatic rings. The molecule has 2 rings (SSSR count). The van der Waals surface area contributed by atoms with Gasteiger partial charge < -0.3 is 11.1 Å². The van der Waals surface area contributed by atoms with Crippen molar-refractivity contribution in [3.63, 3.8) is 0 Å². The molecule has 1 aromatic heterocycles. The average molecular weight is 283 g/mol. The summed E-state index contributed by atoms with van der Waals surface area (Å²) < 4.78 is 0. The summed E-state index contributed by atoms with van der Waals surface area (Å²) in [5.74, 6) is -1.13. The van der Waals surface area contributed by atoms with Crippen LogP contribution in [0.4, 0.5) is 5.69 Å². The number of anilines is 1. The molecule has 106 valence electrons. The number of pyridine rings is 1. The lowest BCUT2D eigenvalue weighted by molar-refractivity contribution is 0.0989. The zero-order valence-corrected chi connectivity index (χ0v) is 11.3. The number of primary amides is 1. The molecule has 3 N–H and O–H groups in total. The third-order valence-electron chi connectivity index (χ3n) is 2.81. The lowest BCUT2D eigenvalue weighted by Gasteiger charge is -2.06. The van der Waals surface area contributed by atoms with Crippen LogP contribution in [-0.2, 0) is 0 Å². The Labute approximate surface area is 121 Å². The highest BCUT2D eigenvalue weighted by Crippen LogP contribution is 2.12. The third kappa shape index (κ3) is 3.50. The average Bonchev–Trinajstić information content (AvgIpc) is 2.47. The Balaban J connectivity index is 2.16. The molecule has 0 spiro atoms. The highest BCUT2D eigenvalue weighted by molar-refractivity contribution is 6.05. The second-order valence-corrected chi connectivity index (χ2v) is 4.39. The van der Waals surface area contributed by atoms with Crippen molar-refractivity contribution in [2.45, 2.75) is 6.92 Å². The van der Waals surface area contributed by atoms with Gasteiger partial charge in [-0.05, 0) is 31.2 Å². The number of Topliss-reactive ketones (excluding diaryl/α,β-unsaturated/α-hetero) is 1.